The van der Waals surface area contributed by atoms with Gasteiger partial charge >= 0.3 is 0 Å². The highest BCUT2D eigenvalue weighted by Crippen LogP contribution is 2.34. The molecule has 0 atom stereocenters. The molecule has 0 aliphatic rings. The van der Waals surface area contributed by atoms with Crippen LogP contribution in [0.2, 0.25) is 0 Å². The maximum Gasteiger partial charge on any atom is 0.0705 e. The minimum absolute atomic E-state index is 0.758. The van der Waals surface area contributed by atoms with Crippen molar-refractivity contribution >= 4 is 27.2 Å². The lowest BCUT2D eigenvalue weighted by Crippen LogP contribution is -2.01. The molecule has 0 saturated heterocycles. The Bertz CT molecular complexity index is 1580. The van der Waals surface area contributed by atoms with E-state index in [1.54, 1.807) is 0 Å². The van der Waals surface area contributed by atoms with Gasteiger partial charge in [0.2, 0.25) is 0 Å². The third-order valence-electron chi connectivity index (χ3n) is 6.28. The predicted octanol–water partition coefficient (Wildman–Crippen LogP) is 8.79. The summed E-state index contributed by atoms with van der Waals surface area (Å²) in [6.07, 6.45) is 13.4. The van der Waals surface area contributed by atoms with Crippen LogP contribution in [0.15, 0.2) is 134 Å². The van der Waals surface area contributed by atoms with Crippen molar-refractivity contribution in [3.05, 3.63) is 156 Å². The Kier molecular flexibility index (Phi) is 7.91. The molecule has 1 aromatic heterocycles. The molecule has 0 radical (unpaired) electrons. The lowest BCUT2D eigenvalue weighted by molar-refractivity contribution is 1.09. The Morgan fingerprint density at radius 1 is 0.722 bits per heavy atom. The molecule has 1 heterocycles. The summed E-state index contributed by atoms with van der Waals surface area (Å²) >= 11 is 0. The van der Waals surface area contributed by atoms with Crippen LogP contribution in [0.25, 0.3) is 27.2 Å². The summed E-state index contributed by atoms with van der Waals surface area (Å²) in [6, 6.07) is 36.4. The fourth-order valence-electron chi connectivity index (χ4n) is 4.62. The van der Waals surface area contributed by atoms with Crippen molar-refractivity contribution in [2.24, 2.45) is 0 Å². The van der Waals surface area contributed by atoms with E-state index in [9.17, 15) is 0 Å². The van der Waals surface area contributed by atoms with Crippen molar-refractivity contribution < 1.29 is 0 Å². The van der Waals surface area contributed by atoms with E-state index in [-0.39, 0.29) is 0 Å². The molecule has 0 amide bonds. The third kappa shape index (κ3) is 5.19. The first-order valence-electron chi connectivity index (χ1n) is 12.0. The van der Waals surface area contributed by atoms with Gasteiger partial charge in [0.05, 0.1) is 5.52 Å². The topological polar surface area (TPSA) is 12.9 Å². The largest absolute Gasteiger partial charge is 0.252 e. The standard InChI is InChI=1S/C33H27N.C2H2/c1-3-11-24(4-2)33(29-19-18-25-12-5-6-14-27(25)22-29)31-16-9-7-15-28(31)23-30-21-20-26-13-8-10-17-32(26)34-30;1-2/h3-10,12-22H,1-2,11,23H2;1-2H/b33-24-;. The van der Waals surface area contributed by atoms with Crippen molar-refractivity contribution in [2.45, 2.75) is 12.8 Å². The van der Waals surface area contributed by atoms with Gasteiger partial charge in [0, 0.05) is 17.5 Å². The van der Waals surface area contributed by atoms with Crippen LogP contribution in [0.3, 0.4) is 0 Å². The highest BCUT2D eigenvalue weighted by molar-refractivity contribution is 5.92. The first kappa shape index (κ1) is 24.5. The number of aromatic nitrogens is 1. The second-order valence-corrected chi connectivity index (χ2v) is 8.49. The van der Waals surface area contributed by atoms with E-state index in [1.165, 1.54) is 38.6 Å². The van der Waals surface area contributed by atoms with Crippen LogP contribution in [0.5, 0.6) is 0 Å². The number of hydrogen-bond donors (Lipinski definition) is 0. The van der Waals surface area contributed by atoms with E-state index in [0.29, 0.717) is 0 Å². The molecule has 0 aliphatic heterocycles. The number of rotatable bonds is 7. The third-order valence-corrected chi connectivity index (χ3v) is 6.28. The molecule has 1 nitrogen and oxygen atoms in total. The van der Waals surface area contributed by atoms with Gasteiger partial charge in [-0.15, -0.1) is 19.4 Å². The van der Waals surface area contributed by atoms with Crippen molar-refractivity contribution in [3.63, 3.8) is 0 Å². The van der Waals surface area contributed by atoms with Crippen LogP contribution in [0.4, 0.5) is 0 Å². The zero-order chi connectivity index (χ0) is 25.3. The minimum atomic E-state index is 0.758. The van der Waals surface area contributed by atoms with Crippen LogP contribution in [0, 0.1) is 12.8 Å². The maximum absolute atomic E-state index is 4.93. The lowest BCUT2D eigenvalue weighted by atomic mass is 9.86. The SMILES string of the molecule is C#C.C=CC/C(C=C)=C(/c1ccc2ccccc2c1)c1ccccc1Cc1ccc2ccccc2n1. The van der Waals surface area contributed by atoms with E-state index in [2.05, 4.69) is 123 Å². The quantitative estimate of drug-likeness (QED) is 0.133. The Morgan fingerprint density at radius 3 is 2.17 bits per heavy atom. The zero-order valence-corrected chi connectivity index (χ0v) is 20.4. The number of pyridine rings is 1. The zero-order valence-electron chi connectivity index (χ0n) is 20.4. The highest BCUT2D eigenvalue weighted by Gasteiger charge is 2.15. The molecular formula is C35H29N. The van der Waals surface area contributed by atoms with E-state index in [0.717, 1.165) is 29.4 Å². The molecule has 0 N–H and O–H groups in total. The molecule has 0 unspecified atom stereocenters. The summed E-state index contributed by atoms with van der Waals surface area (Å²) in [5.41, 5.74) is 8.12. The van der Waals surface area contributed by atoms with Gasteiger partial charge in [0.1, 0.15) is 0 Å². The molecule has 0 bridgehead atoms. The Balaban J connectivity index is 0.00000148. The summed E-state index contributed by atoms with van der Waals surface area (Å²) in [5.74, 6) is 0. The van der Waals surface area contributed by atoms with E-state index in [1.807, 2.05) is 18.2 Å². The van der Waals surface area contributed by atoms with Crippen molar-refractivity contribution in [1.82, 2.24) is 4.98 Å². The second kappa shape index (κ2) is 11.6. The molecular weight excluding hydrogens is 434 g/mol. The highest BCUT2D eigenvalue weighted by atomic mass is 14.7. The molecule has 1 heteroatoms. The van der Waals surface area contributed by atoms with Gasteiger partial charge in [-0.1, -0.05) is 104 Å². The monoisotopic (exact) mass is 463 g/mol. The van der Waals surface area contributed by atoms with Crippen LogP contribution in [-0.2, 0) is 6.42 Å². The molecule has 0 fully saturated rings. The molecule has 36 heavy (non-hydrogen) atoms. The first-order chi connectivity index (χ1) is 17.8. The molecule has 0 spiro atoms. The number of fused-ring (bicyclic) bond motifs is 2. The van der Waals surface area contributed by atoms with Gasteiger partial charge in [0.25, 0.3) is 0 Å². The minimum Gasteiger partial charge on any atom is -0.252 e. The van der Waals surface area contributed by atoms with Gasteiger partial charge in [-0.05, 0) is 63.2 Å². The van der Waals surface area contributed by atoms with E-state index < -0.39 is 0 Å². The number of para-hydroxylation sites is 1. The van der Waals surface area contributed by atoms with Gasteiger partial charge in [-0.2, -0.15) is 0 Å². The van der Waals surface area contributed by atoms with Gasteiger partial charge in [-0.25, -0.2) is 0 Å². The number of nitrogens with zero attached hydrogens (tertiary/aromatic N) is 1. The summed E-state index contributed by atoms with van der Waals surface area (Å²) in [6.45, 7) is 8.14. The lowest BCUT2D eigenvalue weighted by Gasteiger charge is -2.18. The van der Waals surface area contributed by atoms with Crippen molar-refractivity contribution in [1.29, 1.82) is 0 Å². The van der Waals surface area contributed by atoms with Gasteiger partial charge in [-0.3, -0.25) is 4.98 Å². The molecule has 5 aromatic rings. The van der Waals surface area contributed by atoms with E-state index in [4.69, 9.17) is 4.98 Å². The van der Waals surface area contributed by atoms with Crippen LogP contribution in [0.1, 0.15) is 28.8 Å². The Morgan fingerprint density at radius 2 is 1.39 bits per heavy atom. The molecule has 5 rings (SSSR count). The number of allylic oxidation sites excluding steroid dienone is 3. The van der Waals surface area contributed by atoms with Crippen LogP contribution < -0.4 is 0 Å². The normalized spacial score (nSPS) is 11.3. The summed E-state index contributed by atoms with van der Waals surface area (Å²) in [5, 5.41) is 3.63. The fraction of sp³-hybridized carbons (Fsp3) is 0.0571. The van der Waals surface area contributed by atoms with Crippen LogP contribution >= 0.6 is 0 Å². The molecule has 4 aromatic carbocycles. The molecule has 0 saturated carbocycles. The molecule has 174 valence electrons. The van der Waals surface area contributed by atoms with Gasteiger partial charge < -0.3 is 0 Å². The number of terminal acetylenes is 1. The number of benzene rings is 4. The second-order valence-electron chi connectivity index (χ2n) is 8.49. The summed E-state index contributed by atoms with van der Waals surface area (Å²) < 4.78 is 0. The fourth-order valence-corrected chi connectivity index (χ4v) is 4.62. The summed E-state index contributed by atoms with van der Waals surface area (Å²) in [4.78, 5) is 4.93. The summed E-state index contributed by atoms with van der Waals surface area (Å²) in [7, 11) is 0. The smallest absolute Gasteiger partial charge is 0.0705 e. The van der Waals surface area contributed by atoms with Gasteiger partial charge in [0.15, 0.2) is 0 Å². The maximum atomic E-state index is 4.93. The Hall–Kier alpha value is -4.67. The molecule has 0 aliphatic carbocycles. The first-order valence-corrected chi connectivity index (χ1v) is 12.0. The predicted molar refractivity (Wildman–Crippen MR) is 156 cm³/mol. The van der Waals surface area contributed by atoms with E-state index >= 15 is 0 Å². The van der Waals surface area contributed by atoms with Crippen molar-refractivity contribution in [2.75, 3.05) is 0 Å². The Labute approximate surface area is 214 Å². The van der Waals surface area contributed by atoms with Crippen molar-refractivity contribution in [3.8, 4) is 12.8 Å². The average Bonchev–Trinajstić information content (AvgIpc) is 2.94. The van der Waals surface area contributed by atoms with Crippen LogP contribution in [-0.4, -0.2) is 4.98 Å². The number of hydrogen-bond acceptors (Lipinski definition) is 1. The average molecular weight is 464 g/mol.